The summed E-state index contributed by atoms with van der Waals surface area (Å²) in [5.41, 5.74) is 0. The summed E-state index contributed by atoms with van der Waals surface area (Å²) in [6.07, 6.45) is 2.97. The molecular weight excluding hydrogens is 252 g/mol. The molecule has 6 heteroatoms. The fourth-order valence-electron chi connectivity index (χ4n) is 2.10. The lowest BCUT2D eigenvalue weighted by Crippen LogP contribution is -2.40. The van der Waals surface area contributed by atoms with Gasteiger partial charge in [0.25, 0.3) is 5.91 Å². The Morgan fingerprint density at radius 3 is 2.61 bits per heavy atom. The molecule has 0 atom stereocenters. The van der Waals surface area contributed by atoms with Crippen molar-refractivity contribution in [1.82, 2.24) is 9.88 Å². The van der Waals surface area contributed by atoms with Crippen LogP contribution in [0.5, 0.6) is 0 Å². The maximum atomic E-state index is 12.1. The van der Waals surface area contributed by atoms with Gasteiger partial charge in [0.2, 0.25) is 0 Å². The number of ether oxygens (including phenoxy) is 1. The molecule has 1 fully saturated rings. The summed E-state index contributed by atoms with van der Waals surface area (Å²) in [5.74, 6) is -0.220. The number of hydrogen-bond acceptors (Lipinski definition) is 5. The van der Waals surface area contributed by atoms with Crippen LogP contribution in [0.2, 0.25) is 0 Å². The molecule has 0 aromatic carbocycles. The van der Waals surface area contributed by atoms with Gasteiger partial charge in [-0.25, -0.2) is 4.98 Å². The van der Waals surface area contributed by atoms with Crippen molar-refractivity contribution in [2.24, 2.45) is 5.92 Å². The summed E-state index contributed by atoms with van der Waals surface area (Å²) in [6.45, 7) is 3.09. The van der Waals surface area contributed by atoms with Crippen molar-refractivity contribution < 1.29 is 14.3 Å². The van der Waals surface area contributed by atoms with E-state index in [1.54, 1.807) is 11.1 Å². The van der Waals surface area contributed by atoms with Gasteiger partial charge in [-0.2, -0.15) is 0 Å². The van der Waals surface area contributed by atoms with E-state index in [2.05, 4.69) is 4.98 Å². The van der Waals surface area contributed by atoms with E-state index in [1.165, 1.54) is 18.4 Å². The van der Waals surface area contributed by atoms with Crippen LogP contribution < -0.4 is 0 Å². The molecule has 1 amide bonds. The summed E-state index contributed by atoms with van der Waals surface area (Å²) in [4.78, 5) is 30.1. The van der Waals surface area contributed by atoms with Crippen LogP contribution in [0.25, 0.3) is 0 Å². The maximum absolute atomic E-state index is 12.1. The third-order valence-corrected chi connectivity index (χ3v) is 4.05. The number of carbonyl (C=O) groups is 2. The molecule has 1 saturated heterocycles. The molecule has 1 aromatic heterocycles. The molecule has 0 spiro atoms. The first kappa shape index (κ1) is 13.0. The molecule has 2 rings (SSSR count). The second-order valence-corrected chi connectivity index (χ2v) is 5.57. The second kappa shape index (κ2) is 5.48. The van der Waals surface area contributed by atoms with E-state index in [9.17, 15) is 9.59 Å². The zero-order valence-corrected chi connectivity index (χ0v) is 11.3. The van der Waals surface area contributed by atoms with Crippen LogP contribution in [-0.2, 0) is 9.53 Å². The molecule has 1 aliphatic heterocycles. The number of carbonyl (C=O) groups excluding carboxylic acids is 2. The predicted octanol–water partition coefficient (Wildman–Crippen LogP) is 1.48. The van der Waals surface area contributed by atoms with Crippen molar-refractivity contribution in [3.05, 3.63) is 16.1 Å². The molecule has 1 aromatic rings. The fourth-order valence-corrected chi connectivity index (χ4v) is 2.85. The van der Waals surface area contributed by atoms with Gasteiger partial charge in [0.1, 0.15) is 4.88 Å². The lowest BCUT2D eigenvalue weighted by molar-refractivity contribution is -0.146. The van der Waals surface area contributed by atoms with Crippen LogP contribution in [0.1, 0.15) is 27.5 Å². The molecular formula is C12H16N2O3S. The van der Waals surface area contributed by atoms with Crippen molar-refractivity contribution in [3.63, 3.8) is 0 Å². The minimum Gasteiger partial charge on any atom is -0.469 e. The highest BCUT2D eigenvalue weighted by Crippen LogP contribution is 2.21. The van der Waals surface area contributed by atoms with Crippen molar-refractivity contribution in [2.75, 3.05) is 20.2 Å². The average Bonchev–Trinajstić information content (AvgIpc) is 2.84. The lowest BCUT2D eigenvalue weighted by Gasteiger charge is -2.30. The minimum absolute atomic E-state index is 0.0175. The van der Waals surface area contributed by atoms with E-state index in [0.29, 0.717) is 30.8 Å². The smallest absolute Gasteiger partial charge is 0.308 e. The van der Waals surface area contributed by atoms with Crippen molar-refractivity contribution >= 4 is 23.2 Å². The van der Waals surface area contributed by atoms with Crippen LogP contribution in [-0.4, -0.2) is 42.0 Å². The van der Waals surface area contributed by atoms with Gasteiger partial charge in [-0.1, -0.05) is 0 Å². The normalized spacial score (nSPS) is 16.7. The Morgan fingerprint density at radius 1 is 1.44 bits per heavy atom. The van der Waals surface area contributed by atoms with E-state index in [4.69, 9.17) is 4.74 Å². The molecule has 0 saturated carbocycles. The van der Waals surface area contributed by atoms with Gasteiger partial charge in [0.05, 0.1) is 24.2 Å². The Hall–Kier alpha value is -1.43. The fraction of sp³-hybridized carbons (Fsp3) is 0.583. The summed E-state index contributed by atoms with van der Waals surface area (Å²) >= 11 is 1.41. The van der Waals surface area contributed by atoms with Gasteiger partial charge < -0.3 is 9.64 Å². The standard InChI is InChI=1S/C12H16N2O3S/c1-8-13-7-10(18-8)11(15)14-5-3-9(4-6-14)12(16)17-2/h7,9H,3-6H2,1-2H3. The quantitative estimate of drug-likeness (QED) is 0.762. The monoisotopic (exact) mass is 268 g/mol. The van der Waals surface area contributed by atoms with Gasteiger partial charge in [-0.05, 0) is 19.8 Å². The van der Waals surface area contributed by atoms with Gasteiger partial charge in [-0.15, -0.1) is 11.3 Å². The highest BCUT2D eigenvalue weighted by atomic mass is 32.1. The van der Waals surface area contributed by atoms with E-state index in [1.807, 2.05) is 6.92 Å². The molecule has 0 aliphatic carbocycles. The number of nitrogens with zero attached hydrogens (tertiary/aromatic N) is 2. The second-order valence-electron chi connectivity index (χ2n) is 4.33. The zero-order chi connectivity index (χ0) is 13.1. The highest BCUT2D eigenvalue weighted by molar-refractivity contribution is 7.13. The molecule has 18 heavy (non-hydrogen) atoms. The van der Waals surface area contributed by atoms with Crippen molar-refractivity contribution in [1.29, 1.82) is 0 Å². The number of aromatic nitrogens is 1. The first-order valence-corrected chi connectivity index (χ1v) is 6.73. The van der Waals surface area contributed by atoms with E-state index in [-0.39, 0.29) is 17.8 Å². The number of rotatable bonds is 2. The number of methoxy groups -OCH3 is 1. The van der Waals surface area contributed by atoms with Crippen LogP contribution in [0.4, 0.5) is 0 Å². The topological polar surface area (TPSA) is 59.5 Å². The SMILES string of the molecule is COC(=O)C1CCN(C(=O)c2cnc(C)s2)CC1. The number of likely N-dealkylation sites (tertiary alicyclic amines) is 1. The summed E-state index contributed by atoms with van der Waals surface area (Å²) in [5, 5.41) is 0.891. The first-order chi connectivity index (χ1) is 8.61. The number of thiazole rings is 1. The number of amides is 1. The maximum Gasteiger partial charge on any atom is 0.308 e. The van der Waals surface area contributed by atoms with Crippen LogP contribution in [0.3, 0.4) is 0 Å². The van der Waals surface area contributed by atoms with E-state index < -0.39 is 0 Å². The van der Waals surface area contributed by atoms with Gasteiger partial charge >= 0.3 is 5.97 Å². The van der Waals surface area contributed by atoms with Crippen molar-refractivity contribution in [3.8, 4) is 0 Å². The molecule has 0 bridgehead atoms. The molecule has 5 nitrogen and oxygen atoms in total. The summed E-state index contributed by atoms with van der Waals surface area (Å²) < 4.78 is 4.72. The van der Waals surface area contributed by atoms with Crippen molar-refractivity contribution in [2.45, 2.75) is 19.8 Å². The zero-order valence-electron chi connectivity index (χ0n) is 10.5. The molecule has 2 heterocycles. The summed E-state index contributed by atoms with van der Waals surface area (Å²) in [7, 11) is 1.40. The Bertz CT molecular complexity index is 450. The predicted molar refractivity (Wildman–Crippen MR) is 67.5 cm³/mol. The third-order valence-electron chi connectivity index (χ3n) is 3.15. The minimum atomic E-state index is -0.171. The lowest BCUT2D eigenvalue weighted by atomic mass is 9.97. The van der Waals surface area contributed by atoms with Crippen LogP contribution in [0.15, 0.2) is 6.20 Å². The average molecular weight is 268 g/mol. The van der Waals surface area contributed by atoms with Gasteiger partial charge in [-0.3, -0.25) is 9.59 Å². The third kappa shape index (κ3) is 2.69. The van der Waals surface area contributed by atoms with Crippen LogP contribution in [0, 0.1) is 12.8 Å². The van der Waals surface area contributed by atoms with Crippen LogP contribution >= 0.6 is 11.3 Å². The Balaban J connectivity index is 1.94. The Labute approximate surface area is 110 Å². The molecule has 0 radical (unpaired) electrons. The Morgan fingerprint density at radius 2 is 2.11 bits per heavy atom. The highest BCUT2D eigenvalue weighted by Gasteiger charge is 2.28. The largest absolute Gasteiger partial charge is 0.469 e. The number of esters is 1. The summed E-state index contributed by atoms with van der Waals surface area (Å²) in [6, 6.07) is 0. The van der Waals surface area contributed by atoms with E-state index >= 15 is 0 Å². The first-order valence-electron chi connectivity index (χ1n) is 5.91. The Kier molecular flexibility index (Phi) is 3.96. The molecule has 98 valence electrons. The molecule has 0 unspecified atom stereocenters. The number of hydrogen-bond donors (Lipinski definition) is 0. The van der Waals surface area contributed by atoms with Gasteiger partial charge in [0, 0.05) is 13.1 Å². The molecule has 1 aliphatic rings. The number of piperidine rings is 1. The molecule has 0 N–H and O–H groups in total. The van der Waals surface area contributed by atoms with Gasteiger partial charge in [0.15, 0.2) is 0 Å². The number of aryl methyl sites for hydroxylation is 1. The van der Waals surface area contributed by atoms with E-state index in [0.717, 1.165) is 5.01 Å².